The number of allylic oxidation sites excluding steroid dienone is 3. The van der Waals surface area contributed by atoms with E-state index in [2.05, 4.69) is 40.3 Å². The maximum absolute atomic E-state index is 6.77. The largest absolute Gasteiger partial charge is 0.497 e. The molecule has 0 aromatic carbocycles. The van der Waals surface area contributed by atoms with Crippen LogP contribution in [0.25, 0.3) is 0 Å². The van der Waals surface area contributed by atoms with Crippen molar-refractivity contribution in [1.29, 1.82) is 0 Å². The van der Waals surface area contributed by atoms with E-state index in [1.807, 2.05) is 26.2 Å². The molecule has 0 amide bonds. The summed E-state index contributed by atoms with van der Waals surface area (Å²) in [5, 5.41) is 0.0537. The molecule has 1 atom stereocenters. The van der Waals surface area contributed by atoms with Crippen LogP contribution >= 0.6 is 23.2 Å². The Morgan fingerprint density at radius 3 is 2.70 bits per heavy atom. The van der Waals surface area contributed by atoms with Gasteiger partial charge >= 0.3 is 0 Å². The lowest BCUT2D eigenvalue weighted by Gasteiger charge is -2.25. The molecule has 30 heavy (non-hydrogen) atoms. The maximum atomic E-state index is 6.77. The number of nitrogens with zero attached hydrogens (tertiary/aromatic N) is 3. The van der Waals surface area contributed by atoms with Gasteiger partial charge in [-0.05, 0) is 49.8 Å². The summed E-state index contributed by atoms with van der Waals surface area (Å²) in [4.78, 5) is 10.4. The van der Waals surface area contributed by atoms with Crippen molar-refractivity contribution in [3.8, 4) is 0 Å². The first-order valence-electron chi connectivity index (χ1n) is 9.39. The van der Waals surface area contributed by atoms with Gasteiger partial charge in [0.2, 0.25) is 0 Å². The number of aliphatic imine (C=N–C) groups is 1. The van der Waals surface area contributed by atoms with Crippen molar-refractivity contribution in [3.05, 3.63) is 82.3 Å². The van der Waals surface area contributed by atoms with Crippen LogP contribution in [0.1, 0.15) is 18.2 Å². The number of alkyl halides is 1. The lowest BCUT2D eigenvalue weighted by molar-refractivity contribution is 0.284. The molecule has 1 unspecified atom stereocenters. The van der Waals surface area contributed by atoms with E-state index < -0.39 is 0 Å². The molecule has 0 saturated carbocycles. The second-order valence-corrected chi connectivity index (χ2v) is 7.76. The van der Waals surface area contributed by atoms with Crippen molar-refractivity contribution >= 4 is 35.6 Å². The Morgan fingerprint density at radius 2 is 2.10 bits per heavy atom. The van der Waals surface area contributed by atoms with Gasteiger partial charge in [0, 0.05) is 42.6 Å². The van der Waals surface area contributed by atoms with Crippen molar-refractivity contribution in [2.24, 2.45) is 4.99 Å². The molecule has 0 bridgehead atoms. The highest BCUT2D eigenvalue weighted by atomic mass is 35.5. The molecule has 0 spiro atoms. The van der Waals surface area contributed by atoms with Gasteiger partial charge in [0.25, 0.3) is 0 Å². The van der Waals surface area contributed by atoms with Gasteiger partial charge < -0.3 is 14.4 Å². The van der Waals surface area contributed by atoms with Crippen LogP contribution in [-0.4, -0.2) is 37.8 Å². The molecule has 0 aliphatic carbocycles. The van der Waals surface area contributed by atoms with Crippen LogP contribution in [0, 0.1) is 6.92 Å². The number of hydrogen-bond donors (Lipinski definition) is 0. The molecule has 7 heteroatoms. The van der Waals surface area contributed by atoms with Gasteiger partial charge in [-0.25, -0.2) is 0 Å². The molecule has 1 aromatic heterocycles. The Balaban J connectivity index is 2.59. The Hall–Kier alpha value is -2.50. The smallest absolute Gasteiger partial charge is 0.141 e. The van der Waals surface area contributed by atoms with Gasteiger partial charge in [-0.3, -0.25) is 9.98 Å². The van der Waals surface area contributed by atoms with Crippen LogP contribution in [0.15, 0.2) is 76.1 Å². The van der Waals surface area contributed by atoms with Gasteiger partial charge in [-0.15, -0.1) is 11.6 Å². The second kappa shape index (κ2) is 11.0. The highest BCUT2D eigenvalue weighted by Crippen LogP contribution is 2.35. The number of aryl methyl sites for hydroxylation is 1. The van der Waals surface area contributed by atoms with Gasteiger partial charge in [-0.2, -0.15) is 0 Å². The predicted molar refractivity (Wildman–Crippen MR) is 126 cm³/mol. The lowest BCUT2D eigenvalue weighted by Crippen LogP contribution is -2.22. The number of halogens is 2. The zero-order chi connectivity index (χ0) is 22.3. The minimum atomic E-state index is -0.359. The predicted octanol–water partition coefficient (Wildman–Crippen LogP) is 5.66. The molecule has 2 rings (SSSR count). The summed E-state index contributed by atoms with van der Waals surface area (Å²) in [5.41, 5.74) is 4.84. The average molecular weight is 448 g/mol. The second-order valence-electron chi connectivity index (χ2n) is 6.72. The van der Waals surface area contributed by atoms with Crippen molar-refractivity contribution in [2.75, 3.05) is 25.7 Å². The molecule has 0 N–H and O–H groups in total. The number of hydrogen-bond acceptors (Lipinski definition) is 5. The summed E-state index contributed by atoms with van der Waals surface area (Å²) < 4.78 is 10.6. The molecule has 1 aliphatic heterocycles. The molecule has 1 aromatic rings. The summed E-state index contributed by atoms with van der Waals surface area (Å²) in [6, 6.07) is 2.05. The van der Waals surface area contributed by atoms with E-state index in [0.717, 1.165) is 28.1 Å². The first kappa shape index (κ1) is 23.8. The summed E-state index contributed by atoms with van der Waals surface area (Å²) in [7, 11) is 3.08. The fourth-order valence-corrected chi connectivity index (χ4v) is 3.86. The van der Waals surface area contributed by atoms with E-state index in [0.29, 0.717) is 29.5 Å². The van der Waals surface area contributed by atoms with Crippen LogP contribution < -0.4 is 4.90 Å². The van der Waals surface area contributed by atoms with E-state index in [1.54, 1.807) is 19.4 Å². The third kappa shape index (κ3) is 5.77. The number of pyridine rings is 1. The Morgan fingerprint density at radius 1 is 1.37 bits per heavy atom. The molecular weight excluding hydrogens is 421 g/mol. The van der Waals surface area contributed by atoms with E-state index in [4.69, 9.17) is 32.7 Å². The standard InChI is InChI=1S/C23H27Cl2N3O2/c1-15-11-20-18(13-27-15)7-8-19(14-28(20)10-9-26-4)22(17(3)24)23(25)21(30-6)12-16(2)29-5/h8-13,17H,2,4,7,14H2,1,3,5-6H3/b10-9-,21-12+,23-22-. The van der Waals surface area contributed by atoms with Crippen molar-refractivity contribution in [1.82, 2.24) is 4.98 Å². The van der Waals surface area contributed by atoms with Crippen LogP contribution in [0.3, 0.4) is 0 Å². The summed E-state index contributed by atoms with van der Waals surface area (Å²) in [5.74, 6) is 0.859. The molecule has 160 valence electrons. The molecular formula is C23H27Cl2N3O2. The number of anilines is 1. The minimum absolute atomic E-state index is 0.359. The monoisotopic (exact) mass is 447 g/mol. The molecule has 5 nitrogen and oxygen atoms in total. The van der Waals surface area contributed by atoms with Crippen molar-refractivity contribution in [2.45, 2.75) is 25.6 Å². The summed E-state index contributed by atoms with van der Waals surface area (Å²) in [6.45, 7) is 11.7. The SMILES string of the molecule is C=N/C=C\N1CC(/C(=C(Cl)/C(=C\C(=C)OC)OC)C(C)Cl)=CCc2cnc(C)cc21. The van der Waals surface area contributed by atoms with Gasteiger partial charge in [0.15, 0.2) is 0 Å². The number of methoxy groups -OCH3 is 2. The third-order valence-corrected chi connectivity index (χ3v) is 5.25. The summed E-state index contributed by atoms with van der Waals surface area (Å²) in [6.07, 6.45) is 9.89. The quantitative estimate of drug-likeness (QED) is 0.223. The van der Waals surface area contributed by atoms with E-state index in [9.17, 15) is 0 Å². The molecule has 1 aliphatic rings. The number of fused-ring (bicyclic) bond motifs is 1. The van der Waals surface area contributed by atoms with Crippen LogP contribution in [0.4, 0.5) is 5.69 Å². The Bertz CT molecular complexity index is 930. The fourth-order valence-electron chi connectivity index (χ4n) is 3.14. The highest BCUT2D eigenvalue weighted by Gasteiger charge is 2.24. The number of rotatable bonds is 8. The molecule has 0 radical (unpaired) electrons. The van der Waals surface area contributed by atoms with Crippen LogP contribution in [-0.2, 0) is 15.9 Å². The van der Waals surface area contributed by atoms with E-state index >= 15 is 0 Å². The van der Waals surface area contributed by atoms with Gasteiger partial charge in [0.1, 0.15) is 11.5 Å². The Labute approximate surface area is 188 Å². The van der Waals surface area contributed by atoms with Gasteiger partial charge in [0.05, 0.1) is 24.6 Å². The topological polar surface area (TPSA) is 47.0 Å². The number of ether oxygens (including phenoxy) is 2. The van der Waals surface area contributed by atoms with Crippen LogP contribution in [0.5, 0.6) is 0 Å². The zero-order valence-electron chi connectivity index (χ0n) is 17.8. The average Bonchev–Trinajstić information content (AvgIpc) is 2.89. The first-order chi connectivity index (χ1) is 14.3. The third-order valence-electron chi connectivity index (χ3n) is 4.64. The maximum Gasteiger partial charge on any atom is 0.141 e. The highest BCUT2D eigenvalue weighted by molar-refractivity contribution is 6.34. The number of aromatic nitrogens is 1. The fraction of sp³-hybridized carbons (Fsp3) is 0.304. The lowest BCUT2D eigenvalue weighted by atomic mass is 10.00. The molecule has 0 saturated heterocycles. The first-order valence-corrected chi connectivity index (χ1v) is 10.2. The van der Waals surface area contributed by atoms with E-state index in [1.165, 1.54) is 7.11 Å². The normalized spacial score (nSPS) is 16.3. The molecule has 0 fully saturated rings. The molecule has 2 heterocycles. The van der Waals surface area contributed by atoms with Gasteiger partial charge in [-0.1, -0.05) is 24.3 Å². The Kier molecular flexibility index (Phi) is 8.75. The van der Waals surface area contributed by atoms with Crippen LogP contribution in [0.2, 0.25) is 0 Å². The van der Waals surface area contributed by atoms with Crippen molar-refractivity contribution < 1.29 is 9.47 Å². The summed E-state index contributed by atoms with van der Waals surface area (Å²) >= 11 is 13.4. The van der Waals surface area contributed by atoms with E-state index in [-0.39, 0.29) is 5.38 Å². The zero-order valence-corrected chi connectivity index (χ0v) is 19.3. The minimum Gasteiger partial charge on any atom is -0.497 e. The van der Waals surface area contributed by atoms with Crippen molar-refractivity contribution in [3.63, 3.8) is 0 Å².